The molecule has 9 heteroatoms. The summed E-state index contributed by atoms with van der Waals surface area (Å²) in [5.74, 6) is -2.92. The Morgan fingerprint density at radius 3 is 2.81 bits per heavy atom. The maximum Gasteiger partial charge on any atom is 0.254 e. The molecule has 2 aromatic carbocycles. The molecule has 1 aliphatic carbocycles. The lowest BCUT2D eigenvalue weighted by Gasteiger charge is -2.12. The molecular formula is C22H21F2N5O2. The van der Waals surface area contributed by atoms with Crippen LogP contribution >= 0.6 is 0 Å². The molecular weight excluding hydrogens is 404 g/mol. The Morgan fingerprint density at radius 1 is 1.16 bits per heavy atom. The van der Waals surface area contributed by atoms with E-state index in [1.807, 2.05) is 36.4 Å². The average Bonchev–Trinajstić information content (AvgIpc) is 3.40. The molecule has 1 unspecified atom stereocenters. The third kappa shape index (κ3) is 4.76. The van der Waals surface area contributed by atoms with E-state index in [-0.39, 0.29) is 36.0 Å². The predicted molar refractivity (Wildman–Crippen MR) is 111 cm³/mol. The quantitative estimate of drug-likeness (QED) is 0.568. The molecule has 1 aromatic heterocycles. The van der Waals surface area contributed by atoms with Gasteiger partial charge in [0.2, 0.25) is 5.91 Å². The molecule has 0 aliphatic heterocycles. The summed E-state index contributed by atoms with van der Waals surface area (Å²) in [4.78, 5) is 24.6. The summed E-state index contributed by atoms with van der Waals surface area (Å²) < 4.78 is 30.0. The predicted octanol–water partition coefficient (Wildman–Crippen LogP) is 3.43. The van der Waals surface area contributed by atoms with Crippen molar-refractivity contribution in [1.29, 1.82) is 0 Å². The van der Waals surface area contributed by atoms with E-state index in [0.29, 0.717) is 12.6 Å². The van der Waals surface area contributed by atoms with Crippen LogP contribution in [0.3, 0.4) is 0 Å². The number of halogens is 2. The van der Waals surface area contributed by atoms with Crippen LogP contribution in [0.15, 0.2) is 48.6 Å². The Morgan fingerprint density at radius 2 is 2.00 bits per heavy atom. The number of para-hydroxylation sites is 1. The van der Waals surface area contributed by atoms with Crippen molar-refractivity contribution in [2.75, 3.05) is 11.9 Å². The number of fused-ring (bicyclic) bond motifs is 1. The lowest BCUT2D eigenvalue weighted by molar-refractivity contribution is -0.116. The monoisotopic (exact) mass is 425 g/mol. The highest BCUT2D eigenvalue weighted by atomic mass is 19.1. The summed E-state index contributed by atoms with van der Waals surface area (Å²) in [6.45, 7) is 0.492. The normalized spacial score (nSPS) is 15.4. The number of hydrogen-bond acceptors (Lipinski definition) is 4. The van der Waals surface area contributed by atoms with E-state index in [1.165, 1.54) is 0 Å². The average molecular weight is 425 g/mol. The number of nitrogens with zero attached hydrogens (tertiary/aromatic N) is 3. The van der Waals surface area contributed by atoms with Crippen molar-refractivity contribution in [2.45, 2.75) is 25.8 Å². The minimum Gasteiger partial charge on any atom is -0.350 e. The van der Waals surface area contributed by atoms with Gasteiger partial charge in [-0.3, -0.25) is 9.59 Å². The van der Waals surface area contributed by atoms with Crippen LogP contribution in [0.4, 0.5) is 14.5 Å². The highest BCUT2D eigenvalue weighted by Crippen LogP contribution is 2.23. The molecule has 0 saturated heterocycles. The third-order valence-electron chi connectivity index (χ3n) is 5.16. The number of carbonyl (C=O) groups is 2. The molecule has 0 fully saturated rings. The lowest BCUT2D eigenvalue weighted by Crippen LogP contribution is -2.28. The summed E-state index contributed by atoms with van der Waals surface area (Å²) in [6, 6.07) is 9.00. The molecule has 0 radical (unpaired) electrons. The minimum absolute atomic E-state index is 0.110. The number of carbonyl (C=O) groups excluding carboxylic acids is 2. The molecule has 1 atom stereocenters. The van der Waals surface area contributed by atoms with Gasteiger partial charge in [-0.25, -0.2) is 13.5 Å². The van der Waals surface area contributed by atoms with E-state index in [9.17, 15) is 18.4 Å². The highest BCUT2D eigenvalue weighted by molar-refractivity contribution is 5.97. The second-order valence-electron chi connectivity index (χ2n) is 7.39. The zero-order valence-corrected chi connectivity index (χ0v) is 16.6. The van der Waals surface area contributed by atoms with Crippen molar-refractivity contribution in [1.82, 2.24) is 20.3 Å². The molecule has 2 N–H and O–H groups in total. The molecule has 1 heterocycles. The molecule has 2 amide bonds. The summed E-state index contributed by atoms with van der Waals surface area (Å²) in [7, 11) is 0. The third-order valence-corrected chi connectivity index (χ3v) is 5.16. The van der Waals surface area contributed by atoms with Gasteiger partial charge in [-0.2, -0.15) is 0 Å². The van der Waals surface area contributed by atoms with Gasteiger partial charge in [-0.15, -0.1) is 5.10 Å². The SMILES string of the molecule is O=C(CC1C=CCC1)Nc1cc(C(=O)NCCn2nnc3ccccc32)c(F)cc1F. The Kier molecular flexibility index (Phi) is 6.01. The van der Waals surface area contributed by atoms with Gasteiger partial charge in [0, 0.05) is 19.0 Å². The smallest absolute Gasteiger partial charge is 0.254 e. The van der Waals surface area contributed by atoms with E-state index >= 15 is 0 Å². The Hall–Kier alpha value is -3.62. The van der Waals surface area contributed by atoms with Gasteiger partial charge in [-0.1, -0.05) is 29.5 Å². The number of nitrogens with one attached hydrogen (secondary N) is 2. The van der Waals surface area contributed by atoms with Crippen LogP contribution in [0.25, 0.3) is 11.0 Å². The summed E-state index contributed by atoms with van der Waals surface area (Å²) in [5, 5.41) is 13.1. The van der Waals surface area contributed by atoms with Gasteiger partial charge in [-0.05, 0) is 37.0 Å². The number of anilines is 1. The van der Waals surface area contributed by atoms with Crippen molar-refractivity contribution in [2.24, 2.45) is 5.92 Å². The van der Waals surface area contributed by atoms with Gasteiger partial charge >= 0.3 is 0 Å². The van der Waals surface area contributed by atoms with Gasteiger partial charge in [0.05, 0.1) is 23.3 Å². The first-order chi connectivity index (χ1) is 15.0. The summed E-state index contributed by atoms with van der Waals surface area (Å²) in [5.41, 5.74) is 0.973. The van der Waals surface area contributed by atoms with Crippen molar-refractivity contribution in [3.63, 3.8) is 0 Å². The molecule has 1 aliphatic rings. The van der Waals surface area contributed by atoms with Crippen LogP contribution < -0.4 is 10.6 Å². The largest absolute Gasteiger partial charge is 0.350 e. The first kappa shape index (κ1) is 20.6. The van der Waals surface area contributed by atoms with Gasteiger partial charge in [0.25, 0.3) is 5.91 Å². The fourth-order valence-corrected chi connectivity index (χ4v) is 3.58. The van der Waals surface area contributed by atoms with E-state index in [0.717, 1.165) is 29.9 Å². The lowest BCUT2D eigenvalue weighted by atomic mass is 10.0. The van der Waals surface area contributed by atoms with Gasteiger partial charge < -0.3 is 10.6 Å². The molecule has 160 valence electrons. The Bertz CT molecular complexity index is 1160. The maximum atomic E-state index is 14.2. The van der Waals surface area contributed by atoms with Crippen LogP contribution in [0, 0.1) is 17.6 Å². The topological polar surface area (TPSA) is 88.9 Å². The van der Waals surface area contributed by atoms with Gasteiger partial charge in [0.15, 0.2) is 0 Å². The van der Waals surface area contributed by atoms with E-state index in [1.54, 1.807) is 4.68 Å². The summed E-state index contributed by atoms with van der Waals surface area (Å²) >= 11 is 0. The number of allylic oxidation sites excluding steroid dienone is 2. The van der Waals surface area contributed by atoms with Crippen molar-refractivity contribution >= 4 is 28.5 Å². The second kappa shape index (κ2) is 9.03. The molecule has 4 rings (SSSR count). The zero-order chi connectivity index (χ0) is 21.8. The number of hydrogen-bond donors (Lipinski definition) is 2. The summed E-state index contributed by atoms with van der Waals surface area (Å²) in [6.07, 6.45) is 5.95. The molecule has 31 heavy (non-hydrogen) atoms. The number of aromatic nitrogens is 3. The molecule has 0 saturated carbocycles. The van der Waals surface area contributed by atoms with E-state index in [4.69, 9.17) is 0 Å². The second-order valence-corrected chi connectivity index (χ2v) is 7.39. The first-order valence-corrected chi connectivity index (χ1v) is 10.0. The van der Waals surface area contributed by atoms with E-state index < -0.39 is 17.5 Å². The van der Waals surface area contributed by atoms with Gasteiger partial charge in [0.1, 0.15) is 17.2 Å². The van der Waals surface area contributed by atoms with Crippen molar-refractivity contribution in [3.05, 3.63) is 65.7 Å². The van der Waals surface area contributed by atoms with Crippen LogP contribution in [-0.4, -0.2) is 33.4 Å². The fraction of sp³-hybridized carbons (Fsp3) is 0.273. The molecule has 3 aromatic rings. The van der Waals surface area contributed by atoms with Crippen LogP contribution in [0.1, 0.15) is 29.6 Å². The van der Waals surface area contributed by atoms with Crippen molar-refractivity contribution < 1.29 is 18.4 Å². The zero-order valence-electron chi connectivity index (χ0n) is 16.6. The Balaban J connectivity index is 1.39. The number of rotatable bonds is 7. The molecule has 0 bridgehead atoms. The minimum atomic E-state index is -1.00. The molecule has 7 nitrogen and oxygen atoms in total. The number of benzene rings is 2. The van der Waals surface area contributed by atoms with Crippen molar-refractivity contribution in [3.8, 4) is 0 Å². The number of amides is 2. The fourth-order valence-electron chi connectivity index (χ4n) is 3.58. The highest BCUT2D eigenvalue weighted by Gasteiger charge is 2.19. The van der Waals surface area contributed by atoms with Crippen LogP contribution in [0.5, 0.6) is 0 Å². The standard InChI is InChI=1S/C22H21F2N5O2/c23-16-13-17(24)19(26-21(30)11-14-5-1-2-6-14)12-15(16)22(31)25-9-10-29-20-8-4-3-7-18(20)27-28-29/h1,3-5,7-8,12-14H,2,6,9-11H2,(H,25,31)(H,26,30). The van der Waals surface area contributed by atoms with E-state index in [2.05, 4.69) is 20.9 Å². The van der Waals surface area contributed by atoms with Crippen LogP contribution in [-0.2, 0) is 11.3 Å². The maximum absolute atomic E-state index is 14.2. The Labute approximate surface area is 177 Å². The first-order valence-electron chi connectivity index (χ1n) is 10.0. The van der Waals surface area contributed by atoms with Crippen LogP contribution in [0.2, 0.25) is 0 Å². The molecule has 0 spiro atoms.